The molecule has 0 radical (unpaired) electrons. The van der Waals surface area contributed by atoms with E-state index in [2.05, 4.69) is 31.5 Å². The Morgan fingerprint density at radius 3 is 2.73 bits per heavy atom. The molecule has 1 N–H and O–H groups in total. The number of nitrogens with one attached hydrogen (secondary N) is 1. The minimum atomic E-state index is -3.72. The van der Waals surface area contributed by atoms with Gasteiger partial charge >= 0.3 is 0 Å². The van der Waals surface area contributed by atoms with Gasteiger partial charge in [-0.15, -0.1) is 11.3 Å². The SMILES string of the molecule is CN1CCN(C[C@@H](Cc2cnc(Cl)s2)NS(=O)(=O)c2cccc3cnccc23)CC1. The molecule has 4 rings (SSSR count). The Kier molecular flexibility index (Phi) is 6.66. The van der Waals surface area contributed by atoms with Gasteiger partial charge in [0.15, 0.2) is 4.47 Å². The monoisotopic (exact) mass is 465 g/mol. The maximum absolute atomic E-state index is 13.3. The molecule has 10 heteroatoms. The highest BCUT2D eigenvalue weighted by Crippen LogP contribution is 2.24. The van der Waals surface area contributed by atoms with Crippen molar-refractivity contribution in [1.82, 2.24) is 24.5 Å². The molecule has 0 saturated carbocycles. The molecule has 1 aliphatic heterocycles. The molecule has 0 amide bonds. The van der Waals surface area contributed by atoms with Crippen LogP contribution in [0.1, 0.15) is 4.88 Å². The Bertz CT molecular complexity index is 1110. The Balaban J connectivity index is 1.59. The summed E-state index contributed by atoms with van der Waals surface area (Å²) >= 11 is 7.38. The minimum Gasteiger partial charge on any atom is -0.304 e. The van der Waals surface area contributed by atoms with Crippen molar-refractivity contribution in [2.45, 2.75) is 17.4 Å². The van der Waals surface area contributed by atoms with Crippen LogP contribution in [0.5, 0.6) is 0 Å². The summed E-state index contributed by atoms with van der Waals surface area (Å²) < 4.78 is 30.1. The van der Waals surface area contributed by atoms with Gasteiger partial charge in [-0.3, -0.25) is 9.88 Å². The van der Waals surface area contributed by atoms with Gasteiger partial charge in [-0.05, 0) is 19.2 Å². The van der Waals surface area contributed by atoms with Gasteiger partial charge in [0.25, 0.3) is 0 Å². The van der Waals surface area contributed by atoms with Crippen LogP contribution in [0.15, 0.2) is 47.8 Å². The number of benzene rings is 1. The summed E-state index contributed by atoms with van der Waals surface area (Å²) in [6.07, 6.45) is 5.56. The number of piperazine rings is 1. The fourth-order valence-electron chi connectivity index (χ4n) is 3.72. The van der Waals surface area contributed by atoms with E-state index in [9.17, 15) is 8.42 Å². The molecule has 0 spiro atoms. The molecule has 7 nitrogen and oxygen atoms in total. The lowest BCUT2D eigenvalue weighted by Gasteiger charge is -2.34. The molecular weight excluding hydrogens is 442 g/mol. The summed E-state index contributed by atoms with van der Waals surface area (Å²) in [4.78, 5) is 14.0. The third kappa shape index (κ3) is 5.16. The Morgan fingerprint density at radius 2 is 2.00 bits per heavy atom. The zero-order valence-electron chi connectivity index (χ0n) is 16.7. The predicted octanol–water partition coefficient (Wildman–Crippen LogP) is 2.48. The number of thiazole rings is 1. The van der Waals surface area contributed by atoms with Crippen LogP contribution < -0.4 is 4.72 Å². The van der Waals surface area contributed by atoms with Crippen molar-refractivity contribution >= 4 is 43.7 Å². The maximum Gasteiger partial charge on any atom is 0.241 e. The molecule has 1 saturated heterocycles. The fraction of sp³-hybridized carbons (Fsp3) is 0.400. The van der Waals surface area contributed by atoms with Crippen LogP contribution in [0.2, 0.25) is 4.47 Å². The first-order chi connectivity index (χ1) is 14.4. The van der Waals surface area contributed by atoms with Gasteiger partial charge in [-0.25, -0.2) is 18.1 Å². The molecule has 2 aromatic heterocycles. The standard InChI is InChI=1S/C20H24ClN5O2S2/c1-25-7-9-26(10-8-25)14-16(11-17-13-23-20(21)29-17)24-30(27,28)19-4-2-3-15-12-22-6-5-18(15)19/h2-6,12-13,16,24H,7-11,14H2,1H3/t16-/m1/s1. The van der Waals surface area contributed by atoms with Crippen molar-refractivity contribution in [3.8, 4) is 0 Å². The Hall–Kier alpha value is -1.62. The van der Waals surface area contributed by atoms with Crippen LogP contribution in [-0.2, 0) is 16.4 Å². The summed E-state index contributed by atoms with van der Waals surface area (Å²) in [5.41, 5.74) is 0. The lowest BCUT2D eigenvalue weighted by molar-refractivity contribution is 0.145. The number of rotatable bonds is 7. The molecule has 0 aliphatic carbocycles. The lowest BCUT2D eigenvalue weighted by Crippen LogP contribution is -2.51. The number of likely N-dealkylation sites (N-methyl/N-ethyl adjacent to an activating group) is 1. The average molecular weight is 466 g/mol. The molecular formula is C20H24ClN5O2S2. The second kappa shape index (κ2) is 9.25. The van der Waals surface area contributed by atoms with Crippen molar-refractivity contribution in [2.75, 3.05) is 39.8 Å². The topological polar surface area (TPSA) is 78.4 Å². The van der Waals surface area contributed by atoms with E-state index in [4.69, 9.17) is 11.6 Å². The second-order valence-electron chi connectivity index (χ2n) is 7.56. The maximum atomic E-state index is 13.3. The van der Waals surface area contributed by atoms with Gasteiger partial charge in [0.2, 0.25) is 10.0 Å². The summed E-state index contributed by atoms with van der Waals surface area (Å²) in [7, 11) is -1.62. The summed E-state index contributed by atoms with van der Waals surface area (Å²) in [6.45, 7) is 4.41. The van der Waals surface area contributed by atoms with Crippen LogP contribution in [0.3, 0.4) is 0 Å². The van der Waals surface area contributed by atoms with E-state index in [1.807, 2.05) is 6.07 Å². The molecule has 0 bridgehead atoms. The van der Waals surface area contributed by atoms with Crippen molar-refractivity contribution in [1.29, 1.82) is 0 Å². The molecule has 1 aromatic carbocycles. The van der Waals surface area contributed by atoms with Crippen LogP contribution in [0, 0.1) is 0 Å². The largest absolute Gasteiger partial charge is 0.304 e. The first-order valence-electron chi connectivity index (χ1n) is 9.77. The third-order valence-electron chi connectivity index (χ3n) is 5.30. The average Bonchev–Trinajstić information content (AvgIpc) is 3.13. The van der Waals surface area contributed by atoms with Crippen molar-refractivity contribution < 1.29 is 8.42 Å². The first kappa shape index (κ1) is 21.6. The van der Waals surface area contributed by atoms with E-state index in [1.165, 1.54) is 11.3 Å². The van der Waals surface area contributed by atoms with Gasteiger partial charge in [-0.1, -0.05) is 23.7 Å². The van der Waals surface area contributed by atoms with E-state index in [0.29, 0.717) is 22.8 Å². The van der Waals surface area contributed by atoms with E-state index < -0.39 is 10.0 Å². The minimum absolute atomic E-state index is 0.271. The Morgan fingerprint density at radius 1 is 1.20 bits per heavy atom. The molecule has 3 heterocycles. The highest BCUT2D eigenvalue weighted by atomic mass is 35.5. The third-order valence-corrected chi connectivity index (χ3v) is 8.02. The molecule has 30 heavy (non-hydrogen) atoms. The number of fused-ring (bicyclic) bond motifs is 1. The van der Waals surface area contributed by atoms with Gasteiger partial charge < -0.3 is 4.90 Å². The normalized spacial score (nSPS) is 17.4. The summed E-state index contributed by atoms with van der Waals surface area (Å²) in [6, 6.07) is 6.70. The number of hydrogen-bond donors (Lipinski definition) is 1. The van der Waals surface area contributed by atoms with Gasteiger partial charge in [-0.2, -0.15) is 0 Å². The van der Waals surface area contributed by atoms with Crippen molar-refractivity contribution in [2.24, 2.45) is 0 Å². The van der Waals surface area contributed by atoms with Crippen LogP contribution in [-0.4, -0.2) is 74.0 Å². The zero-order chi connectivity index (χ0) is 21.1. The molecule has 1 atom stereocenters. The van der Waals surface area contributed by atoms with Crippen LogP contribution in [0.25, 0.3) is 10.8 Å². The summed E-state index contributed by atoms with van der Waals surface area (Å²) in [5, 5.41) is 1.46. The van der Waals surface area contributed by atoms with Crippen LogP contribution >= 0.6 is 22.9 Å². The van der Waals surface area contributed by atoms with E-state index in [-0.39, 0.29) is 10.9 Å². The molecule has 160 valence electrons. The van der Waals surface area contributed by atoms with Gasteiger partial charge in [0, 0.05) is 79.4 Å². The van der Waals surface area contributed by atoms with E-state index >= 15 is 0 Å². The molecule has 1 aliphatic rings. The fourth-order valence-corrected chi connectivity index (χ4v) is 6.23. The predicted molar refractivity (Wildman–Crippen MR) is 121 cm³/mol. The molecule has 1 fully saturated rings. The van der Waals surface area contributed by atoms with Crippen molar-refractivity contribution in [3.05, 3.63) is 52.2 Å². The van der Waals surface area contributed by atoms with Gasteiger partial charge in [0.05, 0.1) is 4.90 Å². The quantitative estimate of drug-likeness (QED) is 0.577. The molecule has 0 unspecified atom stereocenters. The second-order valence-corrected chi connectivity index (χ2v) is 10.9. The number of halogens is 1. The molecule has 3 aromatic rings. The Labute approximate surface area is 185 Å². The number of pyridine rings is 1. The van der Waals surface area contributed by atoms with E-state index in [0.717, 1.165) is 36.4 Å². The highest BCUT2D eigenvalue weighted by Gasteiger charge is 2.26. The zero-order valence-corrected chi connectivity index (χ0v) is 19.1. The lowest BCUT2D eigenvalue weighted by atomic mass is 10.2. The summed E-state index contributed by atoms with van der Waals surface area (Å²) in [5.74, 6) is 0. The van der Waals surface area contributed by atoms with Crippen molar-refractivity contribution in [3.63, 3.8) is 0 Å². The highest BCUT2D eigenvalue weighted by molar-refractivity contribution is 7.89. The first-order valence-corrected chi connectivity index (χ1v) is 12.4. The van der Waals surface area contributed by atoms with E-state index in [1.54, 1.807) is 36.8 Å². The number of hydrogen-bond acceptors (Lipinski definition) is 7. The number of sulfonamides is 1. The van der Waals surface area contributed by atoms with Crippen LogP contribution in [0.4, 0.5) is 0 Å². The number of nitrogens with zero attached hydrogens (tertiary/aromatic N) is 4. The number of aromatic nitrogens is 2. The smallest absolute Gasteiger partial charge is 0.241 e. The van der Waals surface area contributed by atoms with Gasteiger partial charge in [0.1, 0.15) is 0 Å².